The number of hydrogen-bond acceptors (Lipinski definition) is 4. The van der Waals surface area contributed by atoms with Crippen LogP contribution in [0.4, 0.5) is 17.1 Å². The zero-order valence-corrected chi connectivity index (χ0v) is 41.7. The molecule has 0 fully saturated rings. The van der Waals surface area contributed by atoms with Crippen molar-refractivity contribution in [1.82, 2.24) is 0 Å². The van der Waals surface area contributed by atoms with E-state index in [9.17, 15) is 0 Å². The fraction of sp³-hybridized carbons (Fsp3) is 0.0137. The minimum absolute atomic E-state index is 0.582. The van der Waals surface area contributed by atoms with Gasteiger partial charge in [0, 0.05) is 49.4 Å². The molecule has 3 aromatic heterocycles. The lowest BCUT2D eigenvalue weighted by Crippen LogP contribution is -2.28. The highest BCUT2D eigenvalue weighted by Crippen LogP contribution is 2.58. The summed E-state index contributed by atoms with van der Waals surface area (Å²) in [4.78, 5) is 2.36. The normalized spacial score (nSPS) is 12.8. The second kappa shape index (κ2) is 16.9. The molecule has 1 aliphatic carbocycles. The van der Waals surface area contributed by atoms with Crippen LogP contribution in [0.15, 0.2) is 286 Å². The van der Waals surface area contributed by atoms with Crippen molar-refractivity contribution in [3.8, 4) is 44.5 Å². The molecule has 0 saturated carbocycles. The number of anilines is 3. The minimum Gasteiger partial charge on any atom is -0.456 e. The highest BCUT2D eigenvalue weighted by molar-refractivity contribution is 6.26. The van der Waals surface area contributed by atoms with Gasteiger partial charge in [-0.2, -0.15) is 0 Å². The highest BCUT2D eigenvalue weighted by atomic mass is 16.3. The Balaban J connectivity index is 0.935. The predicted octanol–water partition coefficient (Wildman–Crippen LogP) is 20.2. The number of hydrogen-bond donors (Lipinski definition) is 0. The molecule has 0 aliphatic heterocycles. The van der Waals surface area contributed by atoms with Gasteiger partial charge in [-0.15, -0.1) is 0 Å². The van der Waals surface area contributed by atoms with Gasteiger partial charge in [0.05, 0.1) is 16.5 Å². The first-order valence-corrected chi connectivity index (χ1v) is 26.3. The molecule has 3 heterocycles. The molecular weight excluding hydrogens is 939 g/mol. The summed E-state index contributed by atoms with van der Waals surface area (Å²) in [6.07, 6.45) is 0. The van der Waals surface area contributed by atoms with Crippen LogP contribution in [0.5, 0.6) is 0 Å². The number of nitrogens with zero attached hydrogens (tertiary/aromatic N) is 1. The van der Waals surface area contributed by atoms with Crippen LogP contribution >= 0.6 is 0 Å². The standard InChI is InChI=1S/C73H45NO3/c1-4-18-46(19-5-1)47-34-39-52(40-35-47)74(53-41-36-48(37-42-53)54-27-16-28-58-57-25-11-14-31-64(57)76-71(54)58)63-30-17-33-66-69(63)60-45-67-70(59-26-12-15-32-65(59)75-67)68(72(60)77-66)49-38-43-56-55-24-10-13-29-61(55)73(62(56)44-49,50-20-6-2-7-21-50)51-22-8-3-9-23-51/h1-45H. The Kier molecular flexibility index (Phi) is 9.52. The smallest absolute Gasteiger partial charge is 0.144 e. The van der Waals surface area contributed by atoms with E-state index in [0.717, 1.165) is 111 Å². The molecule has 0 N–H and O–H groups in total. The fourth-order valence-electron chi connectivity index (χ4n) is 12.8. The number of para-hydroxylation sites is 3. The number of furan rings is 3. The van der Waals surface area contributed by atoms with Gasteiger partial charge in [0.15, 0.2) is 0 Å². The largest absolute Gasteiger partial charge is 0.456 e. The zero-order valence-electron chi connectivity index (χ0n) is 41.7. The van der Waals surface area contributed by atoms with Gasteiger partial charge < -0.3 is 18.2 Å². The Labute approximate surface area is 443 Å². The van der Waals surface area contributed by atoms with Crippen LogP contribution in [0.3, 0.4) is 0 Å². The van der Waals surface area contributed by atoms with Crippen LogP contribution in [0.1, 0.15) is 22.3 Å². The SMILES string of the molecule is c1ccc(-c2ccc(N(c3ccc(-c4cccc5c4oc4ccccc45)cc3)c3cccc4oc5c(-c6ccc7c(c6)C(c6ccccc6)(c6ccccc6)c6ccccc6-7)c6c(cc5c34)oc3ccccc36)cc2)cc1. The van der Waals surface area contributed by atoms with E-state index >= 15 is 0 Å². The monoisotopic (exact) mass is 983 g/mol. The first-order valence-electron chi connectivity index (χ1n) is 26.3. The summed E-state index contributed by atoms with van der Waals surface area (Å²) in [5.74, 6) is 0. The van der Waals surface area contributed by atoms with Gasteiger partial charge in [-0.1, -0.05) is 212 Å². The summed E-state index contributed by atoms with van der Waals surface area (Å²) in [7, 11) is 0. The van der Waals surface area contributed by atoms with E-state index in [1.807, 2.05) is 18.2 Å². The van der Waals surface area contributed by atoms with Crippen molar-refractivity contribution in [2.75, 3.05) is 4.90 Å². The molecule has 4 heteroatoms. The average Bonchev–Trinajstić information content (AvgIpc) is 4.27. The lowest BCUT2D eigenvalue weighted by molar-refractivity contribution is 0.664. The second-order valence-corrected chi connectivity index (χ2v) is 20.2. The minimum atomic E-state index is -0.582. The van der Waals surface area contributed by atoms with Crippen LogP contribution < -0.4 is 4.90 Å². The van der Waals surface area contributed by atoms with Crippen LogP contribution in [0.2, 0.25) is 0 Å². The van der Waals surface area contributed by atoms with E-state index in [1.54, 1.807) is 0 Å². The molecule has 16 rings (SSSR count). The van der Waals surface area contributed by atoms with E-state index in [4.69, 9.17) is 13.3 Å². The third-order valence-electron chi connectivity index (χ3n) is 16.2. The molecule has 15 aromatic rings. The summed E-state index contributed by atoms with van der Waals surface area (Å²) < 4.78 is 20.8. The number of benzene rings is 12. The van der Waals surface area contributed by atoms with Crippen LogP contribution in [-0.4, -0.2) is 0 Å². The van der Waals surface area contributed by atoms with Crippen molar-refractivity contribution >= 4 is 82.9 Å². The molecule has 77 heavy (non-hydrogen) atoms. The van der Waals surface area contributed by atoms with Crippen LogP contribution in [0.25, 0.3) is 110 Å². The first-order chi connectivity index (χ1) is 38.2. The molecule has 4 nitrogen and oxygen atoms in total. The Morgan fingerprint density at radius 3 is 1.56 bits per heavy atom. The van der Waals surface area contributed by atoms with Crippen molar-refractivity contribution in [1.29, 1.82) is 0 Å². The maximum absolute atomic E-state index is 7.37. The topological polar surface area (TPSA) is 42.7 Å². The van der Waals surface area contributed by atoms with Crippen molar-refractivity contribution < 1.29 is 13.3 Å². The maximum Gasteiger partial charge on any atom is 0.144 e. The van der Waals surface area contributed by atoms with Gasteiger partial charge in [-0.05, 0) is 116 Å². The molecule has 0 atom stereocenters. The van der Waals surface area contributed by atoms with Crippen molar-refractivity contribution in [3.63, 3.8) is 0 Å². The summed E-state index contributed by atoms with van der Waals surface area (Å²) >= 11 is 0. The van der Waals surface area contributed by atoms with Gasteiger partial charge >= 0.3 is 0 Å². The first kappa shape index (κ1) is 43.3. The molecule has 0 radical (unpaired) electrons. The Bertz CT molecular complexity index is 4740. The second-order valence-electron chi connectivity index (χ2n) is 20.2. The molecule has 1 aliphatic rings. The third-order valence-corrected chi connectivity index (χ3v) is 16.2. The van der Waals surface area contributed by atoms with E-state index in [1.165, 1.54) is 38.9 Å². The fourth-order valence-corrected chi connectivity index (χ4v) is 12.8. The molecule has 0 unspecified atom stereocenters. The van der Waals surface area contributed by atoms with Gasteiger partial charge in [-0.25, -0.2) is 0 Å². The maximum atomic E-state index is 7.37. The molecule has 0 amide bonds. The Hall–Kier alpha value is -10.2. The summed E-state index contributed by atoms with van der Waals surface area (Å²) in [6.45, 7) is 0. The van der Waals surface area contributed by atoms with E-state index in [2.05, 4.69) is 260 Å². The van der Waals surface area contributed by atoms with Gasteiger partial charge in [0.2, 0.25) is 0 Å². The van der Waals surface area contributed by atoms with Gasteiger partial charge in [-0.3, -0.25) is 0 Å². The summed E-state index contributed by atoms with van der Waals surface area (Å²) in [5.41, 5.74) is 21.3. The third kappa shape index (κ3) is 6.46. The number of fused-ring (bicyclic) bond motifs is 12. The number of rotatable bonds is 8. The van der Waals surface area contributed by atoms with Crippen LogP contribution in [-0.2, 0) is 5.41 Å². The Morgan fingerprint density at radius 1 is 0.286 bits per heavy atom. The molecule has 0 bridgehead atoms. The molecule has 360 valence electrons. The summed E-state index contributed by atoms with van der Waals surface area (Å²) in [5, 5.41) is 6.25. The zero-order chi connectivity index (χ0) is 50.6. The van der Waals surface area contributed by atoms with Crippen molar-refractivity contribution in [3.05, 3.63) is 295 Å². The summed E-state index contributed by atoms with van der Waals surface area (Å²) in [6, 6.07) is 98.0. The molecule has 12 aromatic carbocycles. The van der Waals surface area contributed by atoms with Crippen molar-refractivity contribution in [2.24, 2.45) is 0 Å². The van der Waals surface area contributed by atoms with E-state index in [0.29, 0.717) is 0 Å². The molecule has 0 saturated heterocycles. The Morgan fingerprint density at radius 2 is 0.818 bits per heavy atom. The van der Waals surface area contributed by atoms with Gasteiger partial charge in [0.25, 0.3) is 0 Å². The van der Waals surface area contributed by atoms with E-state index in [-0.39, 0.29) is 0 Å². The van der Waals surface area contributed by atoms with Crippen LogP contribution in [0, 0.1) is 0 Å². The highest BCUT2D eigenvalue weighted by Gasteiger charge is 2.46. The van der Waals surface area contributed by atoms with Gasteiger partial charge in [0.1, 0.15) is 33.5 Å². The molecular formula is C73H45NO3. The quantitative estimate of drug-likeness (QED) is 0.152. The van der Waals surface area contributed by atoms with E-state index < -0.39 is 5.41 Å². The molecule has 0 spiro atoms. The van der Waals surface area contributed by atoms with Crippen molar-refractivity contribution in [2.45, 2.75) is 5.41 Å². The lowest BCUT2D eigenvalue weighted by Gasteiger charge is -2.34. The lowest BCUT2D eigenvalue weighted by atomic mass is 9.67. The average molecular weight is 984 g/mol. The predicted molar refractivity (Wildman–Crippen MR) is 317 cm³/mol.